The molecule has 0 aliphatic carbocycles. The largest absolute Gasteiger partial charge is 0.425 e. The number of carbonyl (C=O) groups is 3. The molecule has 0 saturated carbocycles. The first kappa shape index (κ1) is 18.4. The second kappa shape index (κ2) is 7.88. The van der Waals surface area contributed by atoms with Crippen molar-refractivity contribution < 1.29 is 19.1 Å². The van der Waals surface area contributed by atoms with E-state index in [9.17, 15) is 14.4 Å². The lowest BCUT2D eigenvalue weighted by Gasteiger charge is -2.22. The monoisotopic (exact) mass is 392 g/mol. The molecular weight excluding hydrogens is 376 g/mol. The summed E-state index contributed by atoms with van der Waals surface area (Å²) in [6, 6.07) is 9.21. The number of likely N-dealkylation sites (tertiary alicyclic amines) is 1. The van der Waals surface area contributed by atoms with Gasteiger partial charge < -0.3 is 15.0 Å². The Morgan fingerprint density at radius 2 is 1.92 bits per heavy atom. The van der Waals surface area contributed by atoms with Gasteiger partial charge in [-0.15, -0.1) is 11.3 Å². The van der Waals surface area contributed by atoms with Crippen molar-refractivity contribution in [2.75, 3.05) is 11.9 Å². The first-order valence-corrected chi connectivity index (χ1v) is 9.29. The predicted molar refractivity (Wildman–Crippen MR) is 99.8 cm³/mol. The highest BCUT2D eigenvalue weighted by Gasteiger charge is 2.36. The SMILES string of the molecule is CC(=O)Nc1ccc(OC(=O)[C@H]2CCCN2C(=O)c2ccc(Cl)s2)cc1. The molecule has 0 unspecified atom stereocenters. The molecule has 1 aromatic carbocycles. The number of rotatable bonds is 4. The Bertz CT molecular complexity index is 834. The fourth-order valence-corrected chi connectivity index (χ4v) is 3.82. The van der Waals surface area contributed by atoms with E-state index in [4.69, 9.17) is 16.3 Å². The van der Waals surface area contributed by atoms with Crippen molar-refractivity contribution in [3.05, 3.63) is 45.6 Å². The van der Waals surface area contributed by atoms with Gasteiger partial charge in [-0.2, -0.15) is 0 Å². The number of halogens is 1. The van der Waals surface area contributed by atoms with Crippen LogP contribution in [0, 0.1) is 0 Å². The number of hydrogen-bond donors (Lipinski definition) is 1. The Labute approximate surface area is 159 Å². The van der Waals surface area contributed by atoms with Gasteiger partial charge >= 0.3 is 5.97 Å². The molecule has 136 valence electrons. The summed E-state index contributed by atoms with van der Waals surface area (Å²) in [4.78, 5) is 38.2. The van der Waals surface area contributed by atoms with E-state index in [2.05, 4.69) is 5.32 Å². The number of hydrogen-bond acceptors (Lipinski definition) is 5. The molecule has 1 aliphatic rings. The Morgan fingerprint density at radius 3 is 2.54 bits per heavy atom. The standard InChI is InChI=1S/C18H17ClN2O4S/c1-11(22)20-12-4-6-13(7-5-12)25-18(24)14-3-2-10-21(14)17(23)15-8-9-16(19)26-15/h4-9,14H,2-3,10H2,1H3,(H,20,22)/t14-/m1/s1. The zero-order chi connectivity index (χ0) is 18.7. The van der Waals surface area contributed by atoms with Gasteiger partial charge in [-0.05, 0) is 49.2 Å². The lowest BCUT2D eigenvalue weighted by molar-refractivity contribution is -0.138. The van der Waals surface area contributed by atoms with E-state index in [-0.39, 0.29) is 11.8 Å². The fourth-order valence-electron chi connectivity index (χ4n) is 2.82. The summed E-state index contributed by atoms with van der Waals surface area (Å²) in [6.45, 7) is 1.93. The van der Waals surface area contributed by atoms with E-state index in [1.165, 1.54) is 23.2 Å². The van der Waals surface area contributed by atoms with Crippen molar-refractivity contribution in [1.29, 1.82) is 0 Å². The van der Waals surface area contributed by atoms with Crippen LogP contribution < -0.4 is 10.1 Å². The van der Waals surface area contributed by atoms with Crippen LogP contribution in [0.5, 0.6) is 5.75 Å². The number of thiophene rings is 1. The molecule has 6 nitrogen and oxygen atoms in total. The van der Waals surface area contributed by atoms with E-state index in [1.807, 2.05) is 0 Å². The highest BCUT2D eigenvalue weighted by atomic mass is 35.5. The Morgan fingerprint density at radius 1 is 1.19 bits per heavy atom. The number of carbonyl (C=O) groups excluding carboxylic acids is 3. The van der Waals surface area contributed by atoms with Crippen molar-refractivity contribution in [2.45, 2.75) is 25.8 Å². The molecule has 1 fully saturated rings. The summed E-state index contributed by atoms with van der Waals surface area (Å²) < 4.78 is 5.94. The number of amides is 2. The number of benzene rings is 1. The van der Waals surface area contributed by atoms with Crippen LogP contribution in [0.4, 0.5) is 5.69 Å². The average Bonchev–Trinajstić information content (AvgIpc) is 3.24. The van der Waals surface area contributed by atoms with Gasteiger partial charge in [-0.25, -0.2) is 4.79 Å². The average molecular weight is 393 g/mol. The van der Waals surface area contributed by atoms with E-state index < -0.39 is 12.0 Å². The predicted octanol–water partition coefficient (Wildman–Crippen LogP) is 3.57. The Hall–Kier alpha value is -2.38. The van der Waals surface area contributed by atoms with Gasteiger partial charge in [-0.1, -0.05) is 11.6 Å². The molecule has 1 aliphatic heterocycles. The van der Waals surface area contributed by atoms with E-state index in [0.29, 0.717) is 33.6 Å². The molecule has 3 rings (SSSR count). The molecule has 0 bridgehead atoms. The normalized spacial score (nSPS) is 16.4. The van der Waals surface area contributed by atoms with Crippen LogP contribution >= 0.6 is 22.9 Å². The third kappa shape index (κ3) is 4.23. The van der Waals surface area contributed by atoms with Crippen molar-refractivity contribution in [3.8, 4) is 5.75 Å². The second-order valence-electron chi connectivity index (χ2n) is 5.89. The first-order valence-electron chi connectivity index (χ1n) is 8.09. The van der Waals surface area contributed by atoms with Gasteiger partial charge in [-0.3, -0.25) is 9.59 Å². The molecule has 8 heteroatoms. The fraction of sp³-hybridized carbons (Fsp3) is 0.278. The lowest BCUT2D eigenvalue weighted by atomic mass is 10.2. The summed E-state index contributed by atoms with van der Waals surface area (Å²) in [6.07, 6.45) is 1.31. The highest BCUT2D eigenvalue weighted by molar-refractivity contribution is 7.18. The number of nitrogens with zero attached hydrogens (tertiary/aromatic N) is 1. The smallest absolute Gasteiger partial charge is 0.334 e. The molecule has 1 N–H and O–H groups in total. The maximum absolute atomic E-state index is 12.6. The van der Waals surface area contributed by atoms with Crippen LogP contribution in [-0.2, 0) is 9.59 Å². The quantitative estimate of drug-likeness (QED) is 0.637. The minimum absolute atomic E-state index is 0.177. The summed E-state index contributed by atoms with van der Waals surface area (Å²) in [5.74, 6) is -0.487. The van der Waals surface area contributed by atoms with E-state index in [0.717, 1.165) is 6.42 Å². The number of ether oxygens (including phenoxy) is 1. The van der Waals surface area contributed by atoms with Gasteiger partial charge in [0, 0.05) is 19.2 Å². The van der Waals surface area contributed by atoms with Crippen molar-refractivity contribution >= 4 is 46.4 Å². The molecule has 1 atom stereocenters. The van der Waals surface area contributed by atoms with Gasteiger partial charge in [0.15, 0.2) is 0 Å². The lowest BCUT2D eigenvalue weighted by Crippen LogP contribution is -2.42. The number of anilines is 1. The molecule has 0 radical (unpaired) electrons. The summed E-state index contributed by atoms with van der Waals surface area (Å²) in [5.41, 5.74) is 0.615. The van der Waals surface area contributed by atoms with Crippen LogP contribution in [0.2, 0.25) is 4.34 Å². The number of esters is 1. The van der Waals surface area contributed by atoms with Gasteiger partial charge in [0.1, 0.15) is 11.8 Å². The first-order chi connectivity index (χ1) is 12.4. The van der Waals surface area contributed by atoms with Crippen LogP contribution in [0.15, 0.2) is 36.4 Å². The van der Waals surface area contributed by atoms with E-state index in [1.54, 1.807) is 36.4 Å². The zero-order valence-electron chi connectivity index (χ0n) is 14.0. The molecule has 1 saturated heterocycles. The summed E-state index contributed by atoms with van der Waals surface area (Å²) >= 11 is 7.09. The molecule has 26 heavy (non-hydrogen) atoms. The van der Waals surface area contributed by atoms with Crippen LogP contribution in [-0.4, -0.2) is 35.3 Å². The minimum Gasteiger partial charge on any atom is -0.425 e. The maximum Gasteiger partial charge on any atom is 0.334 e. The Kier molecular flexibility index (Phi) is 5.58. The maximum atomic E-state index is 12.6. The number of nitrogens with one attached hydrogen (secondary N) is 1. The van der Waals surface area contributed by atoms with Gasteiger partial charge in [0.2, 0.25) is 5.91 Å². The van der Waals surface area contributed by atoms with Crippen LogP contribution in [0.3, 0.4) is 0 Å². The zero-order valence-corrected chi connectivity index (χ0v) is 15.6. The second-order valence-corrected chi connectivity index (χ2v) is 7.60. The highest BCUT2D eigenvalue weighted by Crippen LogP contribution is 2.27. The van der Waals surface area contributed by atoms with Crippen molar-refractivity contribution in [2.24, 2.45) is 0 Å². The molecule has 2 heterocycles. The van der Waals surface area contributed by atoms with Gasteiger partial charge in [0.25, 0.3) is 5.91 Å². The Balaban J connectivity index is 1.66. The third-order valence-corrected chi connectivity index (χ3v) is 5.18. The van der Waals surface area contributed by atoms with Gasteiger partial charge in [0.05, 0.1) is 9.21 Å². The molecular formula is C18H17ClN2O4S. The summed E-state index contributed by atoms with van der Waals surface area (Å²) in [7, 11) is 0. The molecule has 1 aromatic heterocycles. The van der Waals surface area contributed by atoms with Crippen LogP contribution in [0.25, 0.3) is 0 Å². The molecule has 0 spiro atoms. The minimum atomic E-state index is -0.613. The topological polar surface area (TPSA) is 75.7 Å². The van der Waals surface area contributed by atoms with E-state index >= 15 is 0 Å². The van der Waals surface area contributed by atoms with Crippen molar-refractivity contribution in [3.63, 3.8) is 0 Å². The van der Waals surface area contributed by atoms with Crippen molar-refractivity contribution in [1.82, 2.24) is 4.90 Å². The molecule has 2 amide bonds. The molecule has 2 aromatic rings. The third-order valence-electron chi connectivity index (χ3n) is 3.96. The van der Waals surface area contributed by atoms with Crippen LogP contribution in [0.1, 0.15) is 29.4 Å². The summed E-state index contributed by atoms with van der Waals surface area (Å²) in [5, 5.41) is 2.64.